The second kappa shape index (κ2) is 9.13. The lowest BCUT2D eigenvalue weighted by Crippen LogP contribution is -2.21. The highest BCUT2D eigenvalue weighted by Gasteiger charge is 2.19. The number of hydrogen-bond donors (Lipinski definition) is 2. The van der Waals surface area contributed by atoms with E-state index in [2.05, 4.69) is 20.5 Å². The number of aromatic nitrogens is 5. The third-order valence-corrected chi connectivity index (χ3v) is 5.03. The van der Waals surface area contributed by atoms with Gasteiger partial charge in [0.2, 0.25) is 0 Å². The highest BCUT2D eigenvalue weighted by molar-refractivity contribution is 6.31. The minimum Gasteiger partial charge on any atom is -0.490 e. The molecule has 2 aromatic heterocycles. The number of halogens is 1. The summed E-state index contributed by atoms with van der Waals surface area (Å²) in [4.78, 5) is 24.4. The molecule has 2 heterocycles. The van der Waals surface area contributed by atoms with Crippen molar-refractivity contribution < 1.29 is 14.3 Å². The standard InChI is InChI=1S/C22H19ClN6O4/c1-3-32-16-10-13(19-20(21(24)30)27-28-26-19)6-9-15(16)33-17-11-25-29(22(31)18(17)23)14-7-4-12(2)5-8-14/h4-11H,3H2,1-2H3,(H2,24,30)(H,26,27,28). The summed E-state index contributed by atoms with van der Waals surface area (Å²) in [5.74, 6) is -0.0184. The van der Waals surface area contributed by atoms with E-state index < -0.39 is 11.5 Å². The molecular formula is C22H19ClN6O4. The Kier molecular flexibility index (Phi) is 6.09. The normalized spacial score (nSPS) is 10.8. The molecule has 0 atom stereocenters. The lowest BCUT2D eigenvalue weighted by molar-refractivity contribution is 0.0996. The molecule has 10 nitrogen and oxygen atoms in total. The van der Waals surface area contributed by atoms with E-state index in [1.807, 2.05) is 19.1 Å². The van der Waals surface area contributed by atoms with Crippen molar-refractivity contribution in [3.8, 4) is 34.2 Å². The van der Waals surface area contributed by atoms with E-state index in [0.29, 0.717) is 29.4 Å². The molecule has 0 bridgehead atoms. The first-order valence-electron chi connectivity index (χ1n) is 9.89. The molecular weight excluding hydrogens is 448 g/mol. The third kappa shape index (κ3) is 4.41. The van der Waals surface area contributed by atoms with Gasteiger partial charge in [-0.15, -0.1) is 0 Å². The molecule has 1 amide bonds. The Balaban J connectivity index is 1.69. The fraction of sp³-hybridized carbons (Fsp3) is 0.136. The van der Waals surface area contributed by atoms with Crippen LogP contribution in [0.1, 0.15) is 23.0 Å². The zero-order valence-corrected chi connectivity index (χ0v) is 18.5. The molecule has 11 heteroatoms. The van der Waals surface area contributed by atoms with Crippen LogP contribution in [0.3, 0.4) is 0 Å². The van der Waals surface area contributed by atoms with Crippen molar-refractivity contribution in [3.63, 3.8) is 0 Å². The third-order valence-electron chi connectivity index (χ3n) is 4.68. The van der Waals surface area contributed by atoms with Crippen molar-refractivity contribution in [1.29, 1.82) is 0 Å². The molecule has 4 rings (SSSR count). The number of nitrogens with two attached hydrogens (primary N) is 1. The van der Waals surface area contributed by atoms with Gasteiger partial charge in [-0.05, 0) is 44.2 Å². The summed E-state index contributed by atoms with van der Waals surface area (Å²) in [6.45, 7) is 4.09. The maximum Gasteiger partial charge on any atom is 0.294 e. The van der Waals surface area contributed by atoms with Gasteiger partial charge in [-0.2, -0.15) is 25.2 Å². The number of ether oxygens (including phenoxy) is 2. The molecule has 2 aromatic carbocycles. The van der Waals surface area contributed by atoms with Crippen LogP contribution in [-0.2, 0) is 0 Å². The van der Waals surface area contributed by atoms with Crippen LogP contribution in [0.15, 0.2) is 53.5 Å². The average Bonchev–Trinajstić information content (AvgIpc) is 3.29. The summed E-state index contributed by atoms with van der Waals surface area (Å²) in [5.41, 5.74) is 7.26. The minimum atomic E-state index is -0.718. The largest absolute Gasteiger partial charge is 0.490 e. The molecule has 4 aromatic rings. The van der Waals surface area contributed by atoms with E-state index in [9.17, 15) is 9.59 Å². The number of carbonyl (C=O) groups excluding carboxylic acids is 1. The van der Waals surface area contributed by atoms with Crippen LogP contribution in [-0.4, -0.2) is 37.7 Å². The fourth-order valence-corrected chi connectivity index (χ4v) is 3.26. The number of carbonyl (C=O) groups is 1. The van der Waals surface area contributed by atoms with Crippen LogP contribution in [0, 0.1) is 6.92 Å². The average molecular weight is 467 g/mol. The maximum absolute atomic E-state index is 12.8. The molecule has 168 valence electrons. The van der Waals surface area contributed by atoms with Crippen LogP contribution in [0.2, 0.25) is 5.02 Å². The number of aryl methyl sites for hydroxylation is 1. The Hall–Kier alpha value is -4.18. The van der Waals surface area contributed by atoms with Crippen molar-refractivity contribution in [2.24, 2.45) is 5.73 Å². The number of amides is 1. The van der Waals surface area contributed by atoms with E-state index >= 15 is 0 Å². The molecule has 0 spiro atoms. The number of primary amides is 1. The Labute approximate surface area is 192 Å². The van der Waals surface area contributed by atoms with Gasteiger partial charge in [0.1, 0.15) is 5.69 Å². The van der Waals surface area contributed by atoms with Crippen molar-refractivity contribution in [1.82, 2.24) is 25.2 Å². The van der Waals surface area contributed by atoms with Crippen LogP contribution >= 0.6 is 11.6 Å². The Morgan fingerprint density at radius 3 is 2.58 bits per heavy atom. The van der Waals surface area contributed by atoms with Crippen molar-refractivity contribution in [2.45, 2.75) is 13.8 Å². The molecule has 0 aliphatic carbocycles. The van der Waals surface area contributed by atoms with Crippen molar-refractivity contribution in [2.75, 3.05) is 6.61 Å². The van der Waals surface area contributed by atoms with Gasteiger partial charge >= 0.3 is 0 Å². The molecule has 0 saturated carbocycles. The molecule has 0 fully saturated rings. The summed E-state index contributed by atoms with van der Waals surface area (Å²) in [6, 6.07) is 12.2. The van der Waals surface area contributed by atoms with Crippen molar-refractivity contribution in [3.05, 3.63) is 75.3 Å². The number of benzene rings is 2. The predicted octanol–water partition coefficient (Wildman–Crippen LogP) is 3.27. The highest BCUT2D eigenvalue weighted by atomic mass is 35.5. The monoisotopic (exact) mass is 466 g/mol. The quantitative estimate of drug-likeness (QED) is 0.426. The Morgan fingerprint density at radius 1 is 1.12 bits per heavy atom. The van der Waals surface area contributed by atoms with Crippen molar-refractivity contribution >= 4 is 17.5 Å². The van der Waals surface area contributed by atoms with Gasteiger partial charge in [0.05, 0.1) is 18.5 Å². The first-order chi connectivity index (χ1) is 15.9. The van der Waals surface area contributed by atoms with E-state index in [4.69, 9.17) is 26.8 Å². The summed E-state index contributed by atoms with van der Waals surface area (Å²) in [6.07, 6.45) is 1.36. The maximum atomic E-state index is 12.8. The summed E-state index contributed by atoms with van der Waals surface area (Å²) < 4.78 is 12.7. The molecule has 0 radical (unpaired) electrons. The summed E-state index contributed by atoms with van der Waals surface area (Å²) >= 11 is 6.31. The van der Waals surface area contributed by atoms with E-state index in [0.717, 1.165) is 5.56 Å². The SMILES string of the molecule is CCOc1cc(-c2n[nH]nc2C(N)=O)ccc1Oc1cnn(-c2ccc(C)cc2)c(=O)c1Cl. The number of nitrogens with one attached hydrogen (secondary N) is 1. The molecule has 0 unspecified atom stereocenters. The Morgan fingerprint density at radius 2 is 1.88 bits per heavy atom. The van der Waals surface area contributed by atoms with Crippen LogP contribution in [0.4, 0.5) is 0 Å². The predicted molar refractivity (Wildman–Crippen MR) is 121 cm³/mol. The van der Waals surface area contributed by atoms with Crippen LogP contribution < -0.4 is 20.8 Å². The smallest absolute Gasteiger partial charge is 0.294 e. The fourth-order valence-electron chi connectivity index (χ4n) is 3.09. The van der Waals surface area contributed by atoms with E-state index in [1.54, 1.807) is 37.3 Å². The zero-order valence-electron chi connectivity index (χ0n) is 17.7. The lowest BCUT2D eigenvalue weighted by atomic mass is 10.1. The molecule has 33 heavy (non-hydrogen) atoms. The van der Waals surface area contributed by atoms with Gasteiger partial charge < -0.3 is 15.2 Å². The lowest BCUT2D eigenvalue weighted by Gasteiger charge is -2.14. The molecule has 3 N–H and O–H groups in total. The van der Waals surface area contributed by atoms with Gasteiger partial charge in [-0.25, -0.2) is 0 Å². The second-order valence-corrected chi connectivity index (χ2v) is 7.33. The zero-order chi connectivity index (χ0) is 23.5. The van der Waals surface area contributed by atoms with Gasteiger partial charge in [-0.1, -0.05) is 29.3 Å². The number of aromatic amines is 1. The first-order valence-corrected chi connectivity index (χ1v) is 10.3. The number of hydrogen-bond acceptors (Lipinski definition) is 7. The Bertz CT molecular complexity index is 1380. The number of H-pyrrole nitrogens is 1. The molecule has 0 aliphatic rings. The van der Waals surface area contributed by atoms with Crippen LogP contribution in [0.25, 0.3) is 16.9 Å². The summed E-state index contributed by atoms with van der Waals surface area (Å²) in [7, 11) is 0. The van der Waals surface area contributed by atoms with Gasteiger partial charge in [-0.3, -0.25) is 9.59 Å². The minimum absolute atomic E-state index is 0.00178. The van der Waals surface area contributed by atoms with Gasteiger partial charge in [0.25, 0.3) is 11.5 Å². The van der Waals surface area contributed by atoms with E-state index in [-0.39, 0.29) is 22.2 Å². The first kappa shape index (κ1) is 22.0. The topological polar surface area (TPSA) is 138 Å². The summed E-state index contributed by atoms with van der Waals surface area (Å²) in [5, 5.41) is 14.2. The van der Waals surface area contributed by atoms with Gasteiger partial charge in [0.15, 0.2) is 28.0 Å². The highest BCUT2D eigenvalue weighted by Crippen LogP contribution is 2.37. The van der Waals surface area contributed by atoms with Crippen LogP contribution in [0.5, 0.6) is 17.2 Å². The number of rotatable bonds is 7. The van der Waals surface area contributed by atoms with Gasteiger partial charge in [0, 0.05) is 5.56 Å². The number of nitrogens with zero attached hydrogens (tertiary/aromatic N) is 4. The molecule has 0 saturated heterocycles. The van der Waals surface area contributed by atoms with E-state index in [1.165, 1.54) is 10.9 Å². The second-order valence-electron chi connectivity index (χ2n) is 6.96. The molecule has 0 aliphatic heterocycles.